The second-order valence-corrected chi connectivity index (χ2v) is 5.69. The van der Waals surface area contributed by atoms with Crippen molar-refractivity contribution in [3.05, 3.63) is 65.5 Å². The summed E-state index contributed by atoms with van der Waals surface area (Å²) >= 11 is 0. The molecule has 2 aromatic carbocycles. The number of hydrogen-bond acceptors (Lipinski definition) is 3. The van der Waals surface area contributed by atoms with E-state index in [0.717, 1.165) is 16.9 Å². The summed E-state index contributed by atoms with van der Waals surface area (Å²) in [4.78, 5) is 13.7. The van der Waals surface area contributed by atoms with Gasteiger partial charge in [-0.2, -0.15) is 0 Å². The molecule has 0 aliphatic heterocycles. The normalized spacial score (nSPS) is 11.8. The molecule has 24 heavy (non-hydrogen) atoms. The Labute approximate surface area is 141 Å². The first-order valence-corrected chi connectivity index (χ1v) is 7.80. The Bertz CT molecular complexity index is 655. The van der Waals surface area contributed by atoms with E-state index in [9.17, 15) is 14.3 Å². The second-order valence-electron chi connectivity index (χ2n) is 5.69. The molecule has 0 bridgehead atoms. The van der Waals surface area contributed by atoms with E-state index in [0.29, 0.717) is 12.8 Å². The van der Waals surface area contributed by atoms with Crippen LogP contribution in [-0.4, -0.2) is 36.6 Å². The van der Waals surface area contributed by atoms with Crippen LogP contribution in [0.1, 0.15) is 23.7 Å². The number of carbonyl (C=O) groups is 1. The maximum atomic E-state index is 12.9. The van der Waals surface area contributed by atoms with Crippen molar-refractivity contribution >= 4 is 5.91 Å². The van der Waals surface area contributed by atoms with Crippen molar-refractivity contribution < 1.29 is 19.0 Å². The molecule has 5 heteroatoms. The van der Waals surface area contributed by atoms with Crippen LogP contribution < -0.4 is 4.74 Å². The molecule has 0 aliphatic rings. The van der Waals surface area contributed by atoms with Crippen LogP contribution >= 0.6 is 0 Å². The maximum absolute atomic E-state index is 12.9. The lowest BCUT2D eigenvalue weighted by atomic mass is 10.1. The van der Waals surface area contributed by atoms with Crippen molar-refractivity contribution in [2.45, 2.75) is 18.9 Å². The van der Waals surface area contributed by atoms with E-state index in [1.54, 1.807) is 50.6 Å². The average Bonchev–Trinajstić information content (AvgIpc) is 2.60. The number of rotatable bonds is 7. The molecule has 0 spiro atoms. The van der Waals surface area contributed by atoms with Crippen LogP contribution in [0.25, 0.3) is 0 Å². The van der Waals surface area contributed by atoms with Crippen molar-refractivity contribution in [3.8, 4) is 5.75 Å². The Morgan fingerprint density at radius 1 is 1.17 bits per heavy atom. The lowest BCUT2D eigenvalue weighted by molar-refractivity contribution is -0.131. The molecule has 1 amide bonds. The molecule has 0 radical (unpaired) electrons. The fraction of sp³-hybridized carbons (Fsp3) is 0.316. The van der Waals surface area contributed by atoms with Gasteiger partial charge in [0, 0.05) is 13.5 Å². The fourth-order valence-electron chi connectivity index (χ4n) is 2.39. The molecule has 128 valence electrons. The van der Waals surface area contributed by atoms with E-state index in [1.807, 2.05) is 0 Å². The van der Waals surface area contributed by atoms with Crippen molar-refractivity contribution in [1.82, 2.24) is 4.90 Å². The van der Waals surface area contributed by atoms with Crippen LogP contribution in [0.4, 0.5) is 4.39 Å². The van der Waals surface area contributed by atoms with Gasteiger partial charge in [-0.1, -0.05) is 24.3 Å². The third-order valence-electron chi connectivity index (χ3n) is 3.91. The fourth-order valence-corrected chi connectivity index (χ4v) is 2.39. The van der Waals surface area contributed by atoms with Gasteiger partial charge in [-0.3, -0.25) is 4.79 Å². The number of ether oxygens (including phenoxy) is 1. The standard InChI is InChI=1S/C19H22FNO3/c1-21(13-18(22)15-6-10-17(24-2)11-7-15)19(23)12-5-14-3-8-16(20)9-4-14/h3-4,6-11,18,22H,5,12-13H2,1-2H3. The number of aliphatic hydroxyl groups is 1. The summed E-state index contributed by atoms with van der Waals surface area (Å²) in [6.45, 7) is 0.217. The Balaban J connectivity index is 1.84. The van der Waals surface area contributed by atoms with Gasteiger partial charge in [-0.25, -0.2) is 4.39 Å². The van der Waals surface area contributed by atoms with Gasteiger partial charge in [0.1, 0.15) is 11.6 Å². The van der Waals surface area contributed by atoms with Crippen molar-refractivity contribution in [2.75, 3.05) is 20.7 Å². The summed E-state index contributed by atoms with van der Waals surface area (Å²) in [7, 11) is 3.25. The first-order valence-electron chi connectivity index (χ1n) is 7.80. The highest BCUT2D eigenvalue weighted by Crippen LogP contribution is 2.18. The number of methoxy groups -OCH3 is 1. The summed E-state index contributed by atoms with van der Waals surface area (Å²) in [5.74, 6) is 0.367. The number of nitrogens with zero attached hydrogens (tertiary/aromatic N) is 1. The quantitative estimate of drug-likeness (QED) is 0.849. The predicted octanol–water partition coefficient (Wildman–Crippen LogP) is 2.96. The summed E-state index contributed by atoms with van der Waals surface area (Å²) in [5.41, 5.74) is 1.64. The van der Waals surface area contributed by atoms with Crippen molar-refractivity contribution in [3.63, 3.8) is 0 Å². The molecular formula is C19H22FNO3. The van der Waals surface area contributed by atoms with Gasteiger partial charge in [0.2, 0.25) is 5.91 Å². The van der Waals surface area contributed by atoms with Crippen LogP contribution in [0.2, 0.25) is 0 Å². The molecule has 2 rings (SSSR count). The molecule has 4 nitrogen and oxygen atoms in total. The number of carbonyl (C=O) groups excluding carboxylic acids is 1. The molecule has 0 saturated carbocycles. The van der Waals surface area contributed by atoms with Crippen molar-refractivity contribution in [1.29, 1.82) is 0 Å². The first kappa shape index (κ1) is 17.9. The van der Waals surface area contributed by atoms with Crippen LogP contribution in [0, 0.1) is 5.82 Å². The van der Waals surface area contributed by atoms with E-state index < -0.39 is 6.10 Å². The Morgan fingerprint density at radius 2 is 1.79 bits per heavy atom. The van der Waals surface area contributed by atoms with Gasteiger partial charge in [-0.15, -0.1) is 0 Å². The minimum Gasteiger partial charge on any atom is -0.497 e. The molecule has 0 heterocycles. The SMILES string of the molecule is COc1ccc(C(O)CN(C)C(=O)CCc2ccc(F)cc2)cc1. The van der Waals surface area contributed by atoms with E-state index in [-0.39, 0.29) is 18.3 Å². The van der Waals surface area contributed by atoms with Crippen LogP contribution in [0.15, 0.2) is 48.5 Å². The monoisotopic (exact) mass is 331 g/mol. The van der Waals surface area contributed by atoms with E-state index in [1.165, 1.54) is 17.0 Å². The largest absolute Gasteiger partial charge is 0.497 e. The van der Waals surface area contributed by atoms with Gasteiger partial charge in [-0.05, 0) is 41.8 Å². The number of aryl methyl sites for hydroxylation is 1. The minimum absolute atomic E-state index is 0.0631. The lowest BCUT2D eigenvalue weighted by Crippen LogP contribution is -2.31. The molecule has 0 fully saturated rings. The summed E-state index contributed by atoms with van der Waals surface area (Å²) in [6, 6.07) is 13.2. The average molecular weight is 331 g/mol. The molecule has 2 aromatic rings. The molecule has 0 aliphatic carbocycles. The van der Waals surface area contributed by atoms with Gasteiger partial charge >= 0.3 is 0 Å². The second kappa shape index (κ2) is 8.45. The highest BCUT2D eigenvalue weighted by Gasteiger charge is 2.15. The summed E-state index contributed by atoms with van der Waals surface area (Å²) in [6.07, 6.45) is 0.107. The zero-order valence-corrected chi connectivity index (χ0v) is 13.9. The first-order chi connectivity index (χ1) is 11.5. The lowest BCUT2D eigenvalue weighted by Gasteiger charge is -2.21. The van der Waals surface area contributed by atoms with Crippen molar-refractivity contribution in [2.24, 2.45) is 0 Å². The molecule has 0 saturated heterocycles. The Hall–Kier alpha value is -2.40. The Morgan fingerprint density at radius 3 is 2.38 bits per heavy atom. The van der Waals surface area contributed by atoms with Crippen LogP contribution in [0.3, 0.4) is 0 Å². The van der Waals surface area contributed by atoms with E-state index >= 15 is 0 Å². The van der Waals surface area contributed by atoms with Crippen LogP contribution in [-0.2, 0) is 11.2 Å². The number of hydrogen-bond donors (Lipinski definition) is 1. The third kappa shape index (κ3) is 5.06. The number of benzene rings is 2. The highest BCUT2D eigenvalue weighted by molar-refractivity contribution is 5.76. The van der Waals surface area contributed by atoms with Gasteiger partial charge < -0.3 is 14.7 Å². The summed E-state index contributed by atoms with van der Waals surface area (Å²) in [5, 5.41) is 10.2. The number of amides is 1. The Kier molecular flexibility index (Phi) is 6.32. The minimum atomic E-state index is -0.754. The van der Waals surface area contributed by atoms with E-state index in [4.69, 9.17) is 4.74 Å². The zero-order chi connectivity index (χ0) is 17.5. The number of aliphatic hydroxyl groups excluding tert-OH is 1. The van der Waals surface area contributed by atoms with Gasteiger partial charge in [0.25, 0.3) is 0 Å². The zero-order valence-electron chi connectivity index (χ0n) is 13.9. The molecular weight excluding hydrogens is 309 g/mol. The number of halogens is 1. The molecule has 1 unspecified atom stereocenters. The van der Waals surface area contributed by atoms with Gasteiger partial charge in [0.15, 0.2) is 0 Å². The topological polar surface area (TPSA) is 49.8 Å². The highest BCUT2D eigenvalue weighted by atomic mass is 19.1. The molecule has 1 N–H and O–H groups in total. The van der Waals surface area contributed by atoms with Crippen LogP contribution in [0.5, 0.6) is 5.75 Å². The third-order valence-corrected chi connectivity index (χ3v) is 3.91. The smallest absolute Gasteiger partial charge is 0.222 e. The molecule has 0 aromatic heterocycles. The summed E-state index contributed by atoms with van der Waals surface area (Å²) < 4.78 is 17.9. The van der Waals surface area contributed by atoms with Gasteiger partial charge in [0.05, 0.1) is 19.8 Å². The maximum Gasteiger partial charge on any atom is 0.222 e. The number of likely N-dealkylation sites (N-methyl/N-ethyl adjacent to an activating group) is 1. The predicted molar refractivity (Wildman–Crippen MR) is 90.3 cm³/mol. The molecule has 1 atom stereocenters. The van der Waals surface area contributed by atoms with E-state index in [2.05, 4.69) is 0 Å².